The second kappa shape index (κ2) is 7.46. The standard InChI is InChI=1S/C20H24BrN3O3S/c1-3-4-8-24-17(25)15-14(7-9-28-2)23-20(16(15)18(24)26)12-10-11(21)5-6-13(12)22-19(20)27/h5-6,10,14-16,23H,3-4,7-9H2,1-2H3,(H,22,27)/t14-,15-,16+,20-/m1/s1. The number of imide groups is 1. The molecule has 28 heavy (non-hydrogen) atoms. The highest BCUT2D eigenvalue weighted by Gasteiger charge is 2.70. The van der Waals surface area contributed by atoms with Gasteiger partial charge in [0.2, 0.25) is 17.7 Å². The van der Waals surface area contributed by atoms with E-state index in [1.54, 1.807) is 11.8 Å². The number of amides is 3. The van der Waals surface area contributed by atoms with Gasteiger partial charge < -0.3 is 5.32 Å². The number of rotatable bonds is 6. The summed E-state index contributed by atoms with van der Waals surface area (Å²) in [6.07, 6.45) is 4.44. The van der Waals surface area contributed by atoms with Gasteiger partial charge in [-0.1, -0.05) is 29.3 Å². The van der Waals surface area contributed by atoms with Crippen molar-refractivity contribution < 1.29 is 14.4 Å². The van der Waals surface area contributed by atoms with E-state index in [0.717, 1.165) is 35.1 Å². The van der Waals surface area contributed by atoms with E-state index in [1.807, 2.05) is 31.4 Å². The molecule has 6 nitrogen and oxygen atoms in total. The van der Waals surface area contributed by atoms with E-state index < -0.39 is 17.4 Å². The van der Waals surface area contributed by atoms with Gasteiger partial charge in [0.25, 0.3) is 0 Å². The van der Waals surface area contributed by atoms with E-state index in [1.165, 1.54) is 4.90 Å². The highest BCUT2D eigenvalue weighted by molar-refractivity contribution is 9.10. The Bertz CT molecular complexity index is 848. The smallest absolute Gasteiger partial charge is 0.250 e. The first-order valence-corrected chi connectivity index (χ1v) is 11.9. The lowest BCUT2D eigenvalue weighted by molar-refractivity contribution is -0.142. The molecule has 4 rings (SSSR count). The van der Waals surface area contributed by atoms with Gasteiger partial charge >= 0.3 is 0 Å². The third-order valence-electron chi connectivity index (χ3n) is 6.14. The van der Waals surface area contributed by atoms with Crippen LogP contribution in [0.5, 0.6) is 0 Å². The molecule has 3 aliphatic rings. The Morgan fingerprint density at radius 3 is 2.75 bits per heavy atom. The quantitative estimate of drug-likeness (QED) is 0.631. The van der Waals surface area contributed by atoms with E-state index >= 15 is 0 Å². The van der Waals surface area contributed by atoms with Crippen LogP contribution in [0, 0.1) is 11.8 Å². The van der Waals surface area contributed by atoms with Gasteiger partial charge in [0.1, 0.15) is 5.54 Å². The number of nitrogens with one attached hydrogen (secondary N) is 2. The van der Waals surface area contributed by atoms with Gasteiger partial charge in [-0.15, -0.1) is 0 Å². The molecule has 1 spiro atoms. The predicted octanol–water partition coefficient (Wildman–Crippen LogP) is 2.72. The van der Waals surface area contributed by atoms with E-state index in [4.69, 9.17) is 0 Å². The minimum atomic E-state index is -1.18. The van der Waals surface area contributed by atoms with E-state index in [2.05, 4.69) is 26.6 Å². The number of anilines is 1. The van der Waals surface area contributed by atoms with Crippen LogP contribution >= 0.6 is 27.7 Å². The first-order chi connectivity index (χ1) is 13.5. The van der Waals surface area contributed by atoms with Crippen LogP contribution < -0.4 is 10.6 Å². The number of unbranched alkanes of at least 4 members (excludes halogenated alkanes) is 1. The summed E-state index contributed by atoms with van der Waals surface area (Å²) in [6, 6.07) is 5.40. The fraction of sp³-hybridized carbons (Fsp3) is 0.550. The molecule has 3 amide bonds. The number of carbonyl (C=O) groups excluding carboxylic acids is 3. The number of carbonyl (C=O) groups is 3. The molecule has 0 saturated carbocycles. The first-order valence-electron chi connectivity index (χ1n) is 9.69. The van der Waals surface area contributed by atoms with Crippen LogP contribution in [0.4, 0.5) is 5.69 Å². The summed E-state index contributed by atoms with van der Waals surface area (Å²) < 4.78 is 0.840. The molecule has 0 radical (unpaired) electrons. The summed E-state index contributed by atoms with van der Waals surface area (Å²) >= 11 is 5.19. The topological polar surface area (TPSA) is 78.5 Å². The zero-order valence-corrected chi connectivity index (χ0v) is 18.4. The number of likely N-dealkylation sites (tertiary alicyclic amines) is 1. The predicted molar refractivity (Wildman–Crippen MR) is 113 cm³/mol. The Kier molecular flexibility index (Phi) is 5.31. The van der Waals surface area contributed by atoms with Crippen LogP contribution in [0.1, 0.15) is 31.7 Å². The molecule has 0 aromatic heterocycles. The molecular formula is C20H24BrN3O3S. The SMILES string of the molecule is CCCCN1C(=O)[C@H]2[C@@H](C1=O)[C@@]1(N[C@@H]2CCSC)C(=O)Nc2ccc(Br)cc21. The fourth-order valence-electron chi connectivity index (χ4n) is 4.86. The van der Waals surface area contributed by atoms with Crippen molar-refractivity contribution in [3.63, 3.8) is 0 Å². The molecule has 8 heteroatoms. The number of halogens is 1. The maximum atomic E-state index is 13.4. The molecule has 1 aromatic carbocycles. The molecule has 1 aromatic rings. The molecule has 2 fully saturated rings. The van der Waals surface area contributed by atoms with Crippen LogP contribution in [-0.2, 0) is 19.9 Å². The Morgan fingerprint density at radius 2 is 2.04 bits per heavy atom. The first kappa shape index (κ1) is 19.9. The summed E-state index contributed by atoms with van der Waals surface area (Å²) in [7, 11) is 0. The Labute approximate surface area is 177 Å². The normalized spacial score (nSPS) is 30.9. The molecule has 150 valence electrons. The van der Waals surface area contributed by atoms with Crippen molar-refractivity contribution in [2.24, 2.45) is 11.8 Å². The average molecular weight is 466 g/mol. The van der Waals surface area contributed by atoms with Crippen molar-refractivity contribution in [3.8, 4) is 0 Å². The van der Waals surface area contributed by atoms with Gasteiger partial charge in [-0.05, 0) is 43.0 Å². The summed E-state index contributed by atoms with van der Waals surface area (Å²) in [5.74, 6) is -0.909. The zero-order valence-electron chi connectivity index (χ0n) is 16.0. The lowest BCUT2D eigenvalue weighted by Crippen LogP contribution is -2.53. The molecule has 0 unspecified atom stereocenters. The Hall–Kier alpha value is -1.38. The van der Waals surface area contributed by atoms with Crippen LogP contribution in [0.25, 0.3) is 0 Å². The zero-order chi connectivity index (χ0) is 20.1. The molecule has 3 heterocycles. The highest BCUT2D eigenvalue weighted by atomic mass is 79.9. The molecule has 0 bridgehead atoms. The molecule has 3 aliphatic heterocycles. The van der Waals surface area contributed by atoms with Gasteiger partial charge in [-0.25, -0.2) is 0 Å². The largest absolute Gasteiger partial charge is 0.324 e. The molecular weight excluding hydrogens is 442 g/mol. The van der Waals surface area contributed by atoms with Crippen molar-refractivity contribution in [2.75, 3.05) is 23.9 Å². The highest BCUT2D eigenvalue weighted by Crippen LogP contribution is 2.53. The molecule has 0 aliphatic carbocycles. The van der Waals surface area contributed by atoms with Gasteiger partial charge in [0, 0.05) is 28.3 Å². The van der Waals surface area contributed by atoms with Gasteiger partial charge in [0.15, 0.2) is 0 Å². The Morgan fingerprint density at radius 1 is 1.25 bits per heavy atom. The Balaban J connectivity index is 1.81. The number of benzene rings is 1. The van der Waals surface area contributed by atoms with Crippen LogP contribution in [-0.4, -0.2) is 47.2 Å². The third kappa shape index (κ3) is 2.75. The summed E-state index contributed by atoms with van der Waals surface area (Å²) in [5.41, 5.74) is 0.282. The monoisotopic (exact) mass is 465 g/mol. The summed E-state index contributed by atoms with van der Waals surface area (Å²) in [4.78, 5) is 41.2. The maximum Gasteiger partial charge on any atom is 0.250 e. The van der Waals surface area contributed by atoms with Gasteiger partial charge in [-0.2, -0.15) is 11.8 Å². The van der Waals surface area contributed by atoms with Crippen molar-refractivity contribution in [1.29, 1.82) is 0 Å². The van der Waals surface area contributed by atoms with Crippen molar-refractivity contribution in [1.82, 2.24) is 10.2 Å². The minimum Gasteiger partial charge on any atom is -0.324 e. The van der Waals surface area contributed by atoms with Crippen LogP contribution in [0.15, 0.2) is 22.7 Å². The van der Waals surface area contributed by atoms with Crippen LogP contribution in [0.2, 0.25) is 0 Å². The number of hydrogen-bond acceptors (Lipinski definition) is 5. The third-order valence-corrected chi connectivity index (χ3v) is 7.27. The number of hydrogen-bond donors (Lipinski definition) is 2. The van der Waals surface area contributed by atoms with Gasteiger partial charge in [0.05, 0.1) is 11.8 Å². The summed E-state index contributed by atoms with van der Waals surface area (Å²) in [5, 5.41) is 6.39. The number of fused-ring (bicyclic) bond motifs is 4. The molecule has 2 N–H and O–H groups in total. The van der Waals surface area contributed by atoms with Gasteiger partial charge in [-0.3, -0.25) is 24.6 Å². The van der Waals surface area contributed by atoms with Crippen molar-refractivity contribution in [3.05, 3.63) is 28.2 Å². The van der Waals surface area contributed by atoms with E-state index in [-0.39, 0.29) is 23.8 Å². The van der Waals surface area contributed by atoms with E-state index in [9.17, 15) is 14.4 Å². The second-order valence-electron chi connectivity index (χ2n) is 7.67. The molecule has 2 saturated heterocycles. The lowest BCUT2D eigenvalue weighted by Gasteiger charge is -2.29. The lowest BCUT2D eigenvalue weighted by atomic mass is 9.76. The molecule has 4 atom stereocenters. The van der Waals surface area contributed by atoms with E-state index in [0.29, 0.717) is 12.2 Å². The number of thioether (sulfide) groups is 1. The maximum absolute atomic E-state index is 13.4. The summed E-state index contributed by atoms with van der Waals surface area (Å²) in [6.45, 7) is 2.47. The average Bonchev–Trinajstić information content (AvgIpc) is 3.24. The minimum absolute atomic E-state index is 0.129. The second-order valence-corrected chi connectivity index (χ2v) is 9.57. The number of nitrogens with zero attached hydrogens (tertiary/aromatic N) is 1. The van der Waals surface area contributed by atoms with Crippen molar-refractivity contribution >= 4 is 51.1 Å². The fourth-order valence-corrected chi connectivity index (χ4v) is 5.71. The van der Waals surface area contributed by atoms with Crippen molar-refractivity contribution in [2.45, 2.75) is 37.8 Å². The van der Waals surface area contributed by atoms with Crippen LogP contribution in [0.3, 0.4) is 0 Å².